The average Bonchev–Trinajstić information content (AvgIpc) is 2.23. The minimum absolute atomic E-state index is 0.00144. The van der Waals surface area contributed by atoms with E-state index in [4.69, 9.17) is 32.2 Å². The molecular weight excluding hydrogens is 348 g/mol. The van der Waals surface area contributed by atoms with E-state index in [2.05, 4.69) is 15.9 Å². The fraction of sp³-hybridized carbons (Fsp3) is 1.00. The van der Waals surface area contributed by atoms with Gasteiger partial charge in [-0.3, -0.25) is 14.7 Å². The van der Waals surface area contributed by atoms with Crippen LogP contribution in [0.15, 0.2) is 0 Å². The highest BCUT2D eigenvalue weighted by molar-refractivity contribution is 9.09. The van der Waals surface area contributed by atoms with Crippen molar-refractivity contribution >= 4 is 46.7 Å². The van der Waals surface area contributed by atoms with Gasteiger partial charge in [-0.15, -0.1) is 23.2 Å². The number of hydrogen-bond donors (Lipinski definition) is 0. The Hall–Kier alpha value is 0.610. The molecule has 0 radical (unpaired) electrons. The Labute approximate surface area is 111 Å². The summed E-state index contributed by atoms with van der Waals surface area (Å²) in [6, 6.07) is 0. The molecule has 6 nitrogen and oxygen atoms in total. The van der Waals surface area contributed by atoms with Gasteiger partial charge in [0.15, 0.2) is 0 Å². The van der Waals surface area contributed by atoms with E-state index in [1.807, 2.05) is 0 Å². The van der Waals surface area contributed by atoms with Gasteiger partial charge in [0.25, 0.3) is 4.95 Å². The van der Waals surface area contributed by atoms with Gasteiger partial charge < -0.3 is 9.05 Å². The quantitative estimate of drug-likeness (QED) is 0.208. The number of halogens is 3. The number of alkyl halides is 3. The van der Waals surface area contributed by atoms with Crippen molar-refractivity contribution in [3.63, 3.8) is 0 Å². The molecule has 0 aromatic rings. The second-order valence-electron chi connectivity index (χ2n) is 2.56. The van der Waals surface area contributed by atoms with Crippen molar-refractivity contribution in [2.75, 3.05) is 31.1 Å². The SMILES string of the molecule is O=[N+]([O-])C(Br)CP(=O)(OCCCl)OCCCl. The molecule has 10 heteroatoms. The van der Waals surface area contributed by atoms with Crippen LogP contribution in [0.1, 0.15) is 0 Å². The highest BCUT2D eigenvalue weighted by atomic mass is 79.9. The molecule has 0 heterocycles. The summed E-state index contributed by atoms with van der Waals surface area (Å²) in [6.45, 7) is -0.00287. The minimum atomic E-state index is -3.52. The molecule has 0 aromatic heterocycles. The lowest BCUT2D eigenvalue weighted by atomic mass is 10.8. The molecule has 0 fully saturated rings. The number of nitrogens with zero attached hydrogens (tertiary/aromatic N) is 1. The van der Waals surface area contributed by atoms with Crippen molar-refractivity contribution in [1.29, 1.82) is 0 Å². The Morgan fingerprint density at radius 3 is 2.06 bits per heavy atom. The zero-order valence-electron chi connectivity index (χ0n) is 8.18. The maximum atomic E-state index is 11.9. The Balaban J connectivity index is 4.39. The van der Waals surface area contributed by atoms with Crippen LogP contribution in [-0.2, 0) is 13.6 Å². The molecule has 0 aliphatic heterocycles. The lowest BCUT2D eigenvalue weighted by Gasteiger charge is -2.17. The van der Waals surface area contributed by atoms with E-state index < -0.39 is 17.5 Å². The van der Waals surface area contributed by atoms with Crippen molar-refractivity contribution < 1.29 is 18.5 Å². The van der Waals surface area contributed by atoms with Crippen LogP contribution in [-0.4, -0.2) is 41.0 Å². The maximum Gasteiger partial charge on any atom is 0.338 e. The molecule has 0 aliphatic carbocycles. The van der Waals surface area contributed by atoms with Gasteiger partial charge in [-0.05, 0) is 15.9 Å². The first kappa shape index (κ1) is 16.6. The third kappa shape index (κ3) is 7.04. The summed E-state index contributed by atoms with van der Waals surface area (Å²) in [5, 5.41) is 10.4. The summed E-state index contributed by atoms with van der Waals surface area (Å²) in [6.07, 6.45) is -0.367. The zero-order valence-corrected chi connectivity index (χ0v) is 12.2. The van der Waals surface area contributed by atoms with Crippen LogP contribution in [0.4, 0.5) is 0 Å². The predicted molar refractivity (Wildman–Crippen MR) is 65.5 cm³/mol. The second kappa shape index (κ2) is 8.66. The van der Waals surface area contributed by atoms with Crippen LogP contribution in [0.3, 0.4) is 0 Å². The lowest BCUT2D eigenvalue weighted by molar-refractivity contribution is -0.487. The lowest BCUT2D eigenvalue weighted by Crippen LogP contribution is -2.19. The Bertz CT molecular complexity index is 257. The normalized spacial score (nSPS) is 13.7. The fourth-order valence-electron chi connectivity index (χ4n) is 0.741. The first-order chi connectivity index (χ1) is 7.45. The monoisotopic (exact) mass is 357 g/mol. The third-order valence-corrected chi connectivity index (χ3v) is 4.75. The van der Waals surface area contributed by atoms with Crippen LogP contribution in [0.2, 0.25) is 0 Å². The molecule has 1 unspecified atom stereocenters. The predicted octanol–water partition coefficient (Wildman–Crippen LogP) is 2.69. The largest absolute Gasteiger partial charge is 0.338 e. The summed E-state index contributed by atoms with van der Waals surface area (Å²) in [4.78, 5) is 8.58. The van der Waals surface area contributed by atoms with E-state index in [-0.39, 0.29) is 31.1 Å². The van der Waals surface area contributed by atoms with Gasteiger partial charge in [-0.1, -0.05) is 0 Å². The summed E-state index contributed by atoms with van der Waals surface area (Å²) in [5.74, 6) is 0.249. The molecule has 0 rings (SSSR count). The van der Waals surface area contributed by atoms with Crippen molar-refractivity contribution in [3.05, 3.63) is 10.1 Å². The molecular formula is C6H11BrCl2NO5P. The molecule has 0 N–H and O–H groups in total. The molecule has 0 bridgehead atoms. The summed E-state index contributed by atoms with van der Waals surface area (Å²) in [7, 11) is -3.52. The average molecular weight is 359 g/mol. The first-order valence-electron chi connectivity index (χ1n) is 4.23. The molecule has 0 aliphatic rings. The van der Waals surface area contributed by atoms with E-state index >= 15 is 0 Å². The topological polar surface area (TPSA) is 78.7 Å². The van der Waals surface area contributed by atoms with Gasteiger partial charge in [-0.2, -0.15) is 0 Å². The van der Waals surface area contributed by atoms with Gasteiger partial charge in [0, 0.05) is 16.7 Å². The number of rotatable bonds is 9. The second-order valence-corrected chi connectivity index (χ2v) is 6.47. The number of nitro groups is 1. The van der Waals surface area contributed by atoms with Crippen molar-refractivity contribution in [2.45, 2.75) is 4.95 Å². The minimum Gasteiger partial charge on any atom is -0.307 e. The highest BCUT2D eigenvalue weighted by Crippen LogP contribution is 2.49. The summed E-state index contributed by atoms with van der Waals surface area (Å²) < 4.78 is 21.8. The smallest absolute Gasteiger partial charge is 0.307 e. The zero-order chi connectivity index (χ0) is 12.6. The molecule has 16 heavy (non-hydrogen) atoms. The maximum absolute atomic E-state index is 11.9. The first-order valence-corrected chi connectivity index (χ1v) is 7.94. The Morgan fingerprint density at radius 1 is 1.31 bits per heavy atom. The van der Waals surface area contributed by atoms with Crippen LogP contribution < -0.4 is 0 Å². The summed E-state index contributed by atoms with van der Waals surface area (Å²) >= 11 is 13.5. The van der Waals surface area contributed by atoms with Crippen molar-refractivity contribution in [2.24, 2.45) is 0 Å². The van der Waals surface area contributed by atoms with Gasteiger partial charge >= 0.3 is 7.60 Å². The van der Waals surface area contributed by atoms with E-state index in [9.17, 15) is 14.7 Å². The fourth-order valence-corrected chi connectivity index (χ4v) is 3.70. The Morgan fingerprint density at radius 2 is 1.75 bits per heavy atom. The Kier molecular flexibility index (Phi) is 8.99. The van der Waals surface area contributed by atoms with Crippen molar-refractivity contribution in [3.8, 4) is 0 Å². The third-order valence-electron chi connectivity index (χ3n) is 1.33. The van der Waals surface area contributed by atoms with Crippen LogP contribution in [0.5, 0.6) is 0 Å². The standard InChI is InChI=1S/C6H11BrCl2NO5P/c7-6(10(11)12)5-16(13,14-3-1-8)15-4-2-9/h6H,1-5H2. The van der Waals surface area contributed by atoms with Gasteiger partial charge in [0.1, 0.15) is 6.16 Å². The van der Waals surface area contributed by atoms with E-state index in [0.717, 1.165) is 0 Å². The molecule has 0 aromatic carbocycles. The summed E-state index contributed by atoms with van der Waals surface area (Å²) in [5.41, 5.74) is 0. The van der Waals surface area contributed by atoms with Gasteiger partial charge in [-0.25, -0.2) is 0 Å². The van der Waals surface area contributed by atoms with Crippen LogP contribution >= 0.6 is 46.7 Å². The molecule has 0 saturated carbocycles. The molecule has 0 saturated heterocycles. The van der Waals surface area contributed by atoms with Crippen molar-refractivity contribution in [1.82, 2.24) is 0 Å². The van der Waals surface area contributed by atoms with E-state index in [0.29, 0.717) is 0 Å². The highest BCUT2D eigenvalue weighted by Gasteiger charge is 2.33. The van der Waals surface area contributed by atoms with Gasteiger partial charge in [0.05, 0.1) is 13.2 Å². The van der Waals surface area contributed by atoms with Crippen LogP contribution in [0, 0.1) is 10.1 Å². The van der Waals surface area contributed by atoms with E-state index in [1.165, 1.54) is 0 Å². The van der Waals surface area contributed by atoms with E-state index in [1.54, 1.807) is 0 Å². The molecule has 96 valence electrons. The molecule has 1 atom stereocenters. The molecule has 0 amide bonds. The number of hydrogen-bond acceptors (Lipinski definition) is 5. The molecule has 0 spiro atoms. The van der Waals surface area contributed by atoms with Gasteiger partial charge in [0.2, 0.25) is 0 Å². The van der Waals surface area contributed by atoms with Crippen LogP contribution in [0.25, 0.3) is 0 Å².